The molecule has 1 fully saturated rings. The van der Waals surface area contributed by atoms with E-state index in [9.17, 15) is 4.79 Å². The number of rotatable bonds is 5. The van der Waals surface area contributed by atoms with Gasteiger partial charge < -0.3 is 19.3 Å². The summed E-state index contributed by atoms with van der Waals surface area (Å²) in [6.07, 6.45) is 2.91. The number of nitrogens with one attached hydrogen (secondary N) is 1. The predicted molar refractivity (Wildman–Crippen MR) is 113 cm³/mol. The van der Waals surface area contributed by atoms with Crippen molar-refractivity contribution in [3.63, 3.8) is 0 Å². The molecular formula is C23H28ClN2O3+. The lowest BCUT2D eigenvalue weighted by atomic mass is 10.0. The van der Waals surface area contributed by atoms with Crippen molar-refractivity contribution in [2.75, 3.05) is 33.4 Å². The lowest BCUT2D eigenvalue weighted by Crippen LogP contribution is -3.08. The molecule has 1 amide bonds. The van der Waals surface area contributed by atoms with Gasteiger partial charge in [-0.3, -0.25) is 4.79 Å². The number of halogens is 1. The van der Waals surface area contributed by atoms with Crippen molar-refractivity contribution in [1.29, 1.82) is 0 Å². The zero-order valence-electron chi connectivity index (χ0n) is 16.8. The summed E-state index contributed by atoms with van der Waals surface area (Å²) in [5.41, 5.74) is 2.32. The highest BCUT2D eigenvalue weighted by molar-refractivity contribution is 6.30. The third-order valence-electron chi connectivity index (χ3n) is 5.60. The van der Waals surface area contributed by atoms with E-state index in [1.165, 1.54) is 10.5 Å². The van der Waals surface area contributed by atoms with Crippen LogP contribution >= 0.6 is 11.6 Å². The summed E-state index contributed by atoms with van der Waals surface area (Å²) < 4.78 is 11.6. The normalized spacial score (nSPS) is 19.7. The Kier molecular flexibility index (Phi) is 6.26. The summed E-state index contributed by atoms with van der Waals surface area (Å²) in [5, 5.41) is 0.734. The summed E-state index contributed by atoms with van der Waals surface area (Å²) in [6, 6.07) is 14.1. The molecule has 6 heteroatoms. The van der Waals surface area contributed by atoms with Crippen LogP contribution in [-0.4, -0.2) is 44.2 Å². The average Bonchev–Trinajstić information content (AvgIpc) is 3.09. The Bertz CT molecular complexity index is 856. The monoisotopic (exact) mass is 415 g/mol. The number of likely N-dealkylation sites (N-methyl/N-ethyl adjacent to an activating group) is 1. The summed E-state index contributed by atoms with van der Waals surface area (Å²) >= 11 is 5.96. The van der Waals surface area contributed by atoms with Gasteiger partial charge in [0.2, 0.25) is 0 Å². The minimum Gasteiger partial charge on any atom is -0.490 e. The first kappa shape index (κ1) is 20.0. The lowest BCUT2D eigenvalue weighted by molar-refractivity contribution is -0.885. The van der Waals surface area contributed by atoms with Gasteiger partial charge in [-0.05, 0) is 42.7 Å². The van der Waals surface area contributed by atoms with Crippen LogP contribution in [-0.2, 0) is 11.3 Å². The number of hydrogen-bond donors (Lipinski definition) is 1. The average molecular weight is 416 g/mol. The van der Waals surface area contributed by atoms with Crippen LogP contribution in [0.1, 0.15) is 36.4 Å². The van der Waals surface area contributed by atoms with E-state index < -0.39 is 0 Å². The van der Waals surface area contributed by atoms with Crippen LogP contribution in [0.3, 0.4) is 0 Å². The molecular weight excluding hydrogens is 388 g/mol. The van der Waals surface area contributed by atoms with Gasteiger partial charge in [0, 0.05) is 23.6 Å². The van der Waals surface area contributed by atoms with E-state index in [0.717, 1.165) is 54.4 Å². The zero-order chi connectivity index (χ0) is 20.2. The molecule has 154 valence electrons. The van der Waals surface area contributed by atoms with E-state index in [-0.39, 0.29) is 11.9 Å². The molecule has 2 aliphatic heterocycles. The molecule has 0 bridgehead atoms. The van der Waals surface area contributed by atoms with E-state index in [4.69, 9.17) is 21.1 Å². The van der Waals surface area contributed by atoms with Crippen LogP contribution in [0.15, 0.2) is 42.5 Å². The van der Waals surface area contributed by atoms with E-state index in [0.29, 0.717) is 19.8 Å². The van der Waals surface area contributed by atoms with E-state index in [2.05, 4.69) is 19.2 Å². The van der Waals surface area contributed by atoms with Crippen molar-refractivity contribution in [3.05, 3.63) is 58.6 Å². The number of hydrogen-bond acceptors (Lipinski definition) is 3. The van der Waals surface area contributed by atoms with Crippen LogP contribution in [0, 0.1) is 0 Å². The number of benzene rings is 2. The van der Waals surface area contributed by atoms with Gasteiger partial charge in [0.05, 0.1) is 26.3 Å². The minimum absolute atomic E-state index is 0.114. The summed E-state index contributed by atoms with van der Waals surface area (Å²) in [7, 11) is 2.06. The van der Waals surface area contributed by atoms with Crippen LogP contribution in [0.5, 0.6) is 11.5 Å². The van der Waals surface area contributed by atoms with Crippen LogP contribution in [0.4, 0.5) is 0 Å². The third kappa shape index (κ3) is 4.85. The van der Waals surface area contributed by atoms with Crippen LogP contribution in [0.25, 0.3) is 0 Å². The Labute approximate surface area is 177 Å². The first-order valence-corrected chi connectivity index (χ1v) is 10.7. The number of fused-ring (bicyclic) bond motifs is 1. The van der Waals surface area contributed by atoms with Gasteiger partial charge in [0.1, 0.15) is 6.54 Å². The fourth-order valence-electron chi connectivity index (χ4n) is 4.17. The van der Waals surface area contributed by atoms with Gasteiger partial charge in [0.15, 0.2) is 18.0 Å². The summed E-state index contributed by atoms with van der Waals surface area (Å²) in [6.45, 7) is 3.44. The predicted octanol–water partition coefficient (Wildman–Crippen LogP) is 2.88. The number of quaternary nitrogens is 1. The molecule has 0 aromatic heterocycles. The molecule has 0 aliphatic carbocycles. The minimum atomic E-state index is 0.114. The Hall–Kier alpha value is -2.24. The largest absolute Gasteiger partial charge is 0.490 e. The Balaban J connectivity index is 1.41. The molecule has 2 heterocycles. The lowest BCUT2D eigenvalue weighted by Gasteiger charge is -2.26. The second-order valence-electron chi connectivity index (χ2n) is 7.94. The number of carbonyl (C=O) groups is 1. The number of amides is 1. The highest BCUT2D eigenvalue weighted by Crippen LogP contribution is 2.37. The Morgan fingerprint density at radius 1 is 1.10 bits per heavy atom. The van der Waals surface area contributed by atoms with Gasteiger partial charge in [-0.2, -0.15) is 0 Å². The molecule has 2 aromatic carbocycles. The molecule has 0 saturated carbocycles. The first-order chi connectivity index (χ1) is 14.1. The van der Waals surface area contributed by atoms with Gasteiger partial charge >= 0.3 is 0 Å². The summed E-state index contributed by atoms with van der Waals surface area (Å²) in [5.74, 6) is 1.80. The fourth-order valence-corrected chi connectivity index (χ4v) is 4.30. The summed E-state index contributed by atoms with van der Waals surface area (Å²) in [4.78, 5) is 16.3. The fraction of sp³-hybridized carbons (Fsp3) is 0.435. The maximum Gasteiger partial charge on any atom is 0.278 e. The van der Waals surface area contributed by atoms with Crippen LogP contribution in [0.2, 0.25) is 5.02 Å². The highest BCUT2D eigenvalue weighted by atomic mass is 35.5. The molecule has 4 rings (SSSR count). The number of nitrogens with zero attached hydrogens (tertiary/aromatic N) is 1. The second kappa shape index (κ2) is 9.06. The second-order valence-corrected chi connectivity index (χ2v) is 8.38. The SMILES string of the molecule is C[NH+](CC(=O)N1CCC[C@H]1c1ccc2c(c1)OCCCO2)Cc1ccc(Cl)cc1. The quantitative estimate of drug-likeness (QED) is 0.816. The molecule has 29 heavy (non-hydrogen) atoms. The van der Waals surface area contributed by atoms with Gasteiger partial charge in [-0.15, -0.1) is 0 Å². The molecule has 2 aromatic rings. The van der Waals surface area contributed by atoms with E-state index in [1.54, 1.807) is 0 Å². The molecule has 1 unspecified atom stereocenters. The standard InChI is InChI=1S/C23H27ClN2O3/c1-25(15-17-5-8-19(24)9-6-17)16-23(27)26-11-2-4-20(26)18-7-10-21-22(14-18)29-13-3-12-28-21/h5-10,14,20H,2-4,11-13,15-16H2,1H3/p+1/t20-/m0/s1. The molecule has 1 N–H and O–H groups in total. The van der Waals surface area contributed by atoms with Crippen LogP contribution < -0.4 is 14.4 Å². The molecule has 5 nitrogen and oxygen atoms in total. The maximum atomic E-state index is 13.1. The number of carbonyl (C=O) groups excluding carboxylic acids is 1. The number of likely N-dealkylation sites (tertiary alicyclic amines) is 1. The van der Waals surface area contributed by atoms with Crippen molar-refractivity contribution in [1.82, 2.24) is 4.90 Å². The van der Waals surface area contributed by atoms with Gasteiger partial charge in [-0.1, -0.05) is 29.8 Å². The van der Waals surface area contributed by atoms with Crippen molar-refractivity contribution in [2.24, 2.45) is 0 Å². The Morgan fingerprint density at radius 3 is 2.66 bits per heavy atom. The third-order valence-corrected chi connectivity index (χ3v) is 5.85. The zero-order valence-corrected chi connectivity index (χ0v) is 17.6. The van der Waals surface area contributed by atoms with Crippen molar-refractivity contribution in [3.8, 4) is 11.5 Å². The van der Waals surface area contributed by atoms with Crippen molar-refractivity contribution in [2.45, 2.75) is 31.8 Å². The molecule has 1 saturated heterocycles. The van der Waals surface area contributed by atoms with E-state index in [1.807, 2.05) is 35.2 Å². The highest BCUT2D eigenvalue weighted by Gasteiger charge is 2.32. The Morgan fingerprint density at radius 2 is 1.86 bits per heavy atom. The van der Waals surface area contributed by atoms with E-state index >= 15 is 0 Å². The number of ether oxygens (including phenoxy) is 2. The van der Waals surface area contributed by atoms with Crippen molar-refractivity contribution >= 4 is 17.5 Å². The molecule has 0 spiro atoms. The van der Waals surface area contributed by atoms with Gasteiger partial charge in [0.25, 0.3) is 5.91 Å². The van der Waals surface area contributed by atoms with Gasteiger partial charge in [-0.25, -0.2) is 0 Å². The maximum absolute atomic E-state index is 13.1. The molecule has 2 atom stereocenters. The van der Waals surface area contributed by atoms with Crippen molar-refractivity contribution < 1.29 is 19.2 Å². The first-order valence-electron chi connectivity index (χ1n) is 10.3. The molecule has 0 radical (unpaired) electrons. The smallest absolute Gasteiger partial charge is 0.278 e. The molecule has 2 aliphatic rings. The topological polar surface area (TPSA) is 43.2 Å².